The first-order valence-electron chi connectivity index (χ1n) is 8.31. The van der Waals surface area contributed by atoms with Crippen LogP contribution >= 0.6 is 0 Å². The predicted octanol–water partition coefficient (Wildman–Crippen LogP) is -1.61. The summed E-state index contributed by atoms with van der Waals surface area (Å²) in [6.07, 6.45) is -4.42. The largest absolute Gasteiger partial charge is 0.481 e. The van der Waals surface area contributed by atoms with E-state index in [4.69, 9.17) is 20.4 Å². The number of hydrogen-bond donors (Lipinski definition) is 8. The molecule has 0 saturated heterocycles. The van der Waals surface area contributed by atoms with Crippen molar-refractivity contribution in [1.29, 1.82) is 0 Å². The van der Waals surface area contributed by atoms with Gasteiger partial charge in [-0.25, -0.2) is 9.59 Å². The Hall–Kier alpha value is -3.26. The average molecular weight is 438 g/mol. The number of carboxylic acids is 6. The molecule has 0 aliphatic carbocycles. The van der Waals surface area contributed by atoms with Gasteiger partial charge in [0.15, 0.2) is 11.2 Å². The van der Waals surface area contributed by atoms with Crippen LogP contribution in [0.3, 0.4) is 0 Å². The minimum absolute atomic E-state index is 0.613. The molecule has 0 aromatic carbocycles. The van der Waals surface area contributed by atoms with Crippen molar-refractivity contribution >= 4 is 35.8 Å². The van der Waals surface area contributed by atoms with Gasteiger partial charge in [0.1, 0.15) is 0 Å². The molecule has 14 nitrogen and oxygen atoms in total. The van der Waals surface area contributed by atoms with Gasteiger partial charge in [0.05, 0.1) is 24.7 Å². The van der Waals surface area contributed by atoms with Crippen LogP contribution in [0.15, 0.2) is 0 Å². The first-order chi connectivity index (χ1) is 13.5. The van der Waals surface area contributed by atoms with E-state index in [2.05, 4.69) is 0 Å². The monoisotopic (exact) mass is 438 g/mol. The number of carbonyl (C=O) groups is 6. The molecule has 170 valence electrons. The topological polar surface area (TPSA) is 264 Å². The molecule has 0 rings (SSSR count). The van der Waals surface area contributed by atoms with Gasteiger partial charge in [-0.2, -0.15) is 0 Å². The van der Waals surface area contributed by atoms with E-state index in [1.54, 1.807) is 0 Å². The van der Waals surface area contributed by atoms with Crippen LogP contribution in [-0.2, 0) is 28.8 Å². The standard InChI is InChI=1S/C16H22O14/c1-6(10(12(23)24)16(30,14(27)28)5-9(19)20)2-3-7(11(21)22)15(29,13(25)26)4-8(17)18/h6-7,10,29-30H,2-5H2,1H3,(H,17,18)(H,19,20)(H,21,22)(H,23,24)(H,25,26)(H,27,28). The van der Waals surface area contributed by atoms with Crippen LogP contribution in [-0.4, -0.2) is 87.9 Å². The van der Waals surface area contributed by atoms with Gasteiger partial charge in [0.25, 0.3) is 0 Å². The summed E-state index contributed by atoms with van der Waals surface area (Å²) in [5.41, 5.74) is -6.54. The van der Waals surface area contributed by atoms with Gasteiger partial charge in [-0.1, -0.05) is 6.92 Å². The second-order valence-corrected chi connectivity index (χ2v) is 6.86. The van der Waals surface area contributed by atoms with Gasteiger partial charge < -0.3 is 40.9 Å². The molecule has 0 aromatic heterocycles. The van der Waals surface area contributed by atoms with E-state index < -0.39 is 90.5 Å². The minimum Gasteiger partial charge on any atom is -0.481 e. The first kappa shape index (κ1) is 26.7. The van der Waals surface area contributed by atoms with E-state index in [1.165, 1.54) is 0 Å². The van der Waals surface area contributed by atoms with E-state index in [0.29, 0.717) is 0 Å². The fourth-order valence-electron chi connectivity index (χ4n) is 3.21. The van der Waals surface area contributed by atoms with Crippen LogP contribution in [0.5, 0.6) is 0 Å². The van der Waals surface area contributed by atoms with E-state index in [9.17, 15) is 49.2 Å². The minimum atomic E-state index is -3.28. The molecule has 14 heteroatoms. The van der Waals surface area contributed by atoms with Crippen molar-refractivity contribution in [3.63, 3.8) is 0 Å². The third kappa shape index (κ3) is 6.12. The maximum atomic E-state index is 11.5. The number of rotatable bonds is 14. The molecular weight excluding hydrogens is 416 g/mol. The zero-order valence-electron chi connectivity index (χ0n) is 15.6. The summed E-state index contributed by atoms with van der Waals surface area (Å²) in [7, 11) is 0. The highest BCUT2D eigenvalue weighted by Gasteiger charge is 2.54. The van der Waals surface area contributed by atoms with Crippen molar-refractivity contribution in [2.24, 2.45) is 17.8 Å². The highest BCUT2D eigenvalue weighted by atomic mass is 16.4. The zero-order chi connectivity index (χ0) is 24.0. The molecule has 5 atom stereocenters. The fourth-order valence-corrected chi connectivity index (χ4v) is 3.21. The van der Waals surface area contributed by atoms with Crippen molar-refractivity contribution in [3.05, 3.63) is 0 Å². The van der Waals surface area contributed by atoms with E-state index in [0.717, 1.165) is 6.92 Å². The highest BCUT2D eigenvalue weighted by molar-refractivity contribution is 5.90. The average Bonchev–Trinajstić information content (AvgIpc) is 2.52. The normalized spacial score (nSPS) is 18.1. The predicted molar refractivity (Wildman–Crippen MR) is 90.3 cm³/mol. The highest BCUT2D eigenvalue weighted by Crippen LogP contribution is 2.35. The number of carboxylic acid groups (broad SMARTS) is 6. The summed E-state index contributed by atoms with van der Waals surface area (Å²) in [5.74, 6) is -17.7. The molecule has 0 fully saturated rings. The zero-order valence-corrected chi connectivity index (χ0v) is 15.6. The Kier molecular flexibility index (Phi) is 8.89. The molecule has 0 aromatic rings. The third-order valence-electron chi connectivity index (χ3n) is 4.72. The molecular formula is C16H22O14. The number of aliphatic carboxylic acids is 6. The van der Waals surface area contributed by atoms with Crippen LogP contribution in [0.25, 0.3) is 0 Å². The second kappa shape index (κ2) is 9.98. The number of aliphatic hydroxyl groups is 2. The lowest BCUT2D eigenvalue weighted by molar-refractivity contribution is -0.184. The summed E-state index contributed by atoms with van der Waals surface area (Å²) >= 11 is 0. The molecule has 0 spiro atoms. The Morgan fingerprint density at radius 2 is 1.07 bits per heavy atom. The van der Waals surface area contributed by atoms with Gasteiger partial charge >= 0.3 is 35.8 Å². The molecule has 0 amide bonds. The number of hydrogen-bond acceptors (Lipinski definition) is 8. The van der Waals surface area contributed by atoms with Crippen LogP contribution in [0.2, 0.25) is 0 Å². The lowest BCUT2D eigenvalue weighted by atomic mass is 9.73. The van der Waals surface area contributed by atoms with Crippen molar-refractivity contribution in [2.45, 2.75) is 43.8 Å². The van der Waals surface area contributed by atoms with Crippen molar-refractivity contribution in [1.82, 2.24) is 0 Å². The van der Waals surface area contributed by atoms with E-state index in [-0.39, 0.29) is 0 Å². The van der Waals surface area contributed by atoms with Crippen LogP contribution in [0.1, 0.15) is 32.6 Å². The molecule has 5 unspecified atom stereocenters. The van der Waals surface area contributed by atoms with Crippen LogP contribution < -0.4 is 0 Å². The Labute approximate surface area is 168 Å². The third-order valence-corrected chi connectivity index (χ3v) is 4.72. The summed E-state index contributed by atoms with van der Waals surface area (Å²) in [5, 5.41) is 74.7. The maximum absolute atomic E-state index is 11.5. The van der Waals surface area contributed by atoms with Gasteiger partial charge in [0, 0.05) is 0 Å². The Bertz CT molecular complexity index is 729. The smallest absolute Gasteiger partial charge is 0.337 e. The van der Waals surface area contributed by atoms with E-state index in [1.807, 2.05) is 0 Å². The van der Waals surface area contributed by atoms with Crippen LogP contribution in [0, 0.1) is 17.8 Å². The van der Waals surface area contributed by atoms with Gasteiger partial charge in [-0.05, 0) is 18.8 Å². The van der Waals surface area contributed by atoms with Crippen molar-refractivity contribution < 1.29 is 69.6 Å². The Morgan fingerprint density at radius 3 is 1.37 bits per heavy atom. The summed E-state index contributed by atoms with van der Waals surface area (Å²) in [4.78, 5) is 67.4. The molecule has 0 aliphatic heterocycles. The van der Waals surface area contributed by atoms with Crippen molar-refractivity contribution in [3.8, 4) is 0 Å². The van der Waals surface area contributed by atoms with E-state index >= 15 is 0 Å². The van der Waals surface area contributed by atoms with Gasteiger partial charge in [-0.3, -0.25) is 19.2 Å². The van der Waals surface area contributed by atoms with Gasteiger partial charge in [-0.15, -0.1) is 0 Å². The Balaban J connectivity index is 5.92. The molecule has 8 N–H and O–H groups in total. The molecule has 0 heterocycles. The lowest BCUT2D eigenvalue weighted by Gasteiger charge is -2.34. The molecule has 0 aliphatic rings. The lowest BCUT2D eigenvalue weighted by Crippen LogP contribution is -2.54. The maximum Gasteiger partial charge on any atom is 0.337 e. The molecule has 0 radical (unpaired) electrons. The van der Waals surface area contributed by atoms with Crippen LogP contribution in [0.4, 0.5) is 0 Å². The quantitative estimate of drug-likeness (QED) is 0.152. The molecule has 0 saturated carbocycles. The molecule has 0 bridgehead atoms. The SMILES string of the molecule is CC(CCC(C(=O)O)C(O)(CC(=O)O)C(=O)O)C(C(=O)O)C(O)(CC(=O)O)C(=O)O. The summed E-state index contributed by atoms with van der Waals surface area (Å²) < 4.78 is 0. The summed E-state index contributed by atoms with van der Waals surface area (Å²) in [6, 6.07) is 0. The van der Waals surface area contributed by atoms with Gasteiger partial charge in [0.2, 0.25) is 0 Å². The second-order valence-electron chi connectivity index (χ2n) is 6.86. The fraction of sp³-hybridized carbons (Fsp3) is 0.625. The van der Waals surface area contributed by atoms with Crippen molar-refractivity contribution in [2.75, 3.05) is 0 Å². The Morgan fingerprint density at radius 1 is 0.667 bits per heavy atom. The summed E-state index contributed by atoms with van der Waals surface area (Å²) in [6.45, 7) is 1.05. The first-order valence-corrected chi connectivity index (χ1v) is 8.31. The molecule has 30 heavy (non-hydrogen) atoms.